The van der Waals surface area contributed by atoms with E-state index in [1.165, 1.54) is 9.21 Å². The van der Waals surface area contributed by atoms with E-state index in [-0.39, 0.29) is 42.7 Å². The second kappa shape index (κ2) is 7.93. The van der Waals surface area contributed by atoms with Crippen LogP contribution >= 0.6 is 0 Å². The minimum absolute atomic E-state index is 0.0443. The SMILES string of the molecule is O=C(c1cc2ccccc2cn1)N1CCN(S(=O)(=O)c2ccc(C(F)(F)F)cc2)CC1. The first-order valence-corrected chi connectivity index (χ1v) is 10.9. The van der Waals surface area contributed by atoms with E-state index in [1.807, 2.05) is 24.3 Å². The van der Waals surface area contributed by atoms with Crippen molar-refractivity contribution in [1.82, 2.24) is 14.2 Å². The molecule has 0 saturated carbocycles. The number of amides is 1. The molecular formula is C21H18F3N3O3S. The van der Waals surface area contributed by atoms with Gasteiger partial charge in [-0.15, -0.1) is 0 Å². The first kappa shape index (κ1) is 21.3. The van der Waals surface area contributed by atoms with Crippen molar-refractivity contribution >= 4 is 26.7 Å². The van der Waals surface area contributed by atoms with Crippen LogP contribution in [0.4, 0.5) is 13.2 Å². The molecule has 0 bridgehead atoms. The van der Waals surface area contributed by atoms with Crippen LogP contribution in [0.1, 0.15) is 16.1 Å². The summed E-state index contributed by atoms with van der Waals surface area (Å²) in [5, 5.41) is 1.79. The maximum absolute atomic E-state index is 12.8. The van der Waals surface area contributed by atoms with Gasteiger partial charge in [-0.3, -0.25) is 9.78 Å². The van der Waals surface area contributed by atoms with E-state index in [0.717, 1.165) is 35.0 Å². The van der Waals surface area contributed by atoms with E-state index >= 15 is 0 Å². The van der Waals surface area contributed by atoms with Crippen LogP contribution in [0.15, 0.2) is 65.7 Å². The predicted molar refractivity (Wildman–Crippen MR) is 108 cm³/mol. The molecule has 0 spiro atoms. The van der Waals surface area contributed by atoms with Gasteiger partial charge in [-0.1, -0.05) is 24.3 Å². The number of carbonyl (C=O) groups excluding carboxylic acids is 1. The lowest BCUT2D eigenvalue weighted by molar-refractivity contribution is -0.137. The number of aromatic nitrogens is 1. The Bertz CT molecular complexity index is 1220. The van der Waals surface area contributed by atoms with Gasteiger partial charge >= 0.3 is 6.18 Å². The molecule has 0 N–H and O–H groups in total. The first-order valence-electron chi connectivity index (χ1n) is 9.48. The second-order valence-electron chi connectivity index (χ2n) is 7.14. The van der Waals surface area contributed by atoms with E-state index in [0.29, 0.717) is 0 Å². The number of benzene rings is 2. The fourth-order valence-electron chi connectivity index (χ4n) is 3.46. The Morgan fingerprint density at radius 1 is 0.903 bits per heavy atom. The molecule has 2 aromatic carbocycles. The summed E-state index contributed by atoms with van der Waals surface area (Å²) in [6.07, 6.45) is -2.92. The number of carbonyl (C=O) groups is 1. The van der Waals surface area contributed by atoms with Crippen LogP contribution in [0.3, 0.4) is 0 Å². The van der Waals surface area contributed by atoms with Crippen molar-refractivity contribution in [2.75, 3.05) is 26.2 Å². The van der Waals surface area contributed by atoms with Crippen LogP contribution in [0.25, 0.3) is 10.8 Å². The lowest BCUT2D eigenvalue weighted by Gasteiger charge is -2.33. The average molecular weight is 449 g/mol. The summed E-state index contributed by atoms with van der Waals surface area (Å²) in [7, 11) is -3.95. The van der Waals surface area contributed by atoms with Crippen molar-refractivity contribution < 1.29 is 26.4 Å². The Morgan fingerprint density at radius 3 is 2.13 bits per heavy atom. The monoisotopic (exact) mass is 449 g/mol. The molecule has 31 heavy (non-hydrogen) atoms. The predicted octanol–water partition coefficient (Wildman–Crippen LogP) is 3.40. The highest BCUT2D eigenvalue weighted by molar-refractivity contribution is 7.89. The zero-order chi connectivity index (χ0) is 22.2. The molecule has 1 aliphatic rings. The summed E-state index contributed by atoms with van der Waals surface area (Å²) in [6.45, 7) is 0.408. The van der Waals surface area contributed by atoms with E-state index < -0.39 is 21.8 Å². The number of hydrogen-bond donors (Lipinski definition) is 0. The Labute approximate surface area is 177 Å². The van der Waals surface area contributed by atoms with Crippen molar-refractivity contribution in [3.05, 3.63) is 72.1 Å². The van der Waals surface area contributed by atoms with Gasteiger partial charge in [0.25, 0.3) is 5.91 Å². The molecular weight excluding hydrogens is 431 g/mol. The van der Waals surface area contributed by atoms with Gasteiger partial charge in [0.15, 0.2) is 0 Å². The van der Waals surface area contributed by atoms with Crippen LogP contribution in [-0.2, 0) is 16.2 Å². The minimum Gasteiger partial charge on any atom is -0.335 e. The van der Waals surface area contributed by atoms with Crippen LogP contribution < -0.4 is 0 Å². The third-order valence-corrected chi connectivity index (χ3v) is 7.11. The highest BCUT2D eigenvalue weighted by Gasteiger charge is 2.33. The third kappa shape index (κ3) is 4.26. The number of rotatable bonds is 3. The number of hydrogen-bond acceptors (Lipinski definition) is 4. The molecule has 162 valence electrons. The fraction of sp³-hybridized carbons (Fsp3) is 0.238. The topological polar surface area (TPSA) is 70.6 Å². The van der Waals surface area contributed by atoms with E-state index in [1.54, 1.807) is 12.3 Å². The third-order valence-electron chi connectivity index (χ3n) is 5.20. The summed E-state index contributed by atoms with van der Waals surface area (Å²) in [5.74, 6) is -0.294. The first-order chi connectivity index (χ1) is 14.7. The lowest BCUT2D eigenvalue weighted by Crippen LogP contribution is -2.50. The van der Waals surface area contributed by atoms with Gasteiger partial charge in [0, 0.05) is 37.8 Å². The molecule has 1 aromatic heterocycles. The van der Waals surface area contributed by atoms with Crippen LogP contribution in [0, 0.1) is 0 Å². The number of sulfonamides is 1. The van der Waals surface area contributed by atoms with Crippen molar-refractivity contribution in [2.45, 2.75) is 11.1 Å². The zero-order valence-corrected chi connectivity index (χ0v) is 17.0. The van der Waals surface area contributed by atoms with Crippen molar-refractivity contribution in [2.24, 2.45) is 0 Å². The minimum atomic E-state index is -4.54. The molecule has 4 rings (SSSR count). The molecule has 2 heterocycles. The number of halogens is 3. The molecule has 1 aliphatic heterocycles. The van der Waals surface area contributed by atoms with Crippen LogP contribution in [0.2, 0.25) is 0 Å². The molecule has 10 heteroatoms. The highest BCUT2D eigenvalue weighted by Crippen LogP contribution is 2.30. The molecule has 1 fully saturated rings. The smallest absolute Gasteiger partial charge is 0.335 e. The zero-order valence-electron chi connectivity index (χ0n) is 16.2. The molecule has 0 unspecified atom stereocenters. The molecule has 1 amide bonds. The van der Waals surface area contributed by atoms with Gasteiger partial charge in [-0.05, 0) is 35.7 Å². The highest BCUT2D eigenvalue weighted by atomic mass is 32.2. The summed E-state index contributed by atoms with van der Waals surface area (Å²) >= 11 is 0. The molecule has 0 aliphatic carbocycles. The normalized spacial score (nSPS) is 15.9. The number of alkyl halides is 3. The maximum Gasteiger partial charge on any atom is 0.416 e. The van der Waals surface area contributed by atoms with E-state index in [2.05, 4.69) is 4.98 Å². The van der Waals surface area contributed by atoms with E-state index in [4.69, 9.17) is 0 Å². The molecule has 0 atom stereocenters. The van der Waals surface area contributed by atoms with Gasteiger partial charge in [0.05, 0.1) is 10.5 Å². The summed E-state index contributed by atoms with van der Waals surface area (Å²) in [6, 6.07) is 12.6. The average Bonchev–Trinajstić information content (AvgIpc) is 2.78. The fourth-order valence-corrected chi connectivity index (χ4v) is 4.88. The summed E-state index contributed by atoms with van der Waals surface area (Å²) < 4.78 is 64.9. The largest absolute Gasteiger partial charge is 0.416 e. The number of piperazine rings is 1. The number of nitrogens with zero attached hydrogens (tertiary/aromatic N) is 3. The Morgan fingerprint density at radius 2 is 1.52 bits per heavy atom. The van der Waals surface area contributed by atoms with Gasteiger partial charge in [-0.25, -0.2) is 8.42 Å². The number of pyridine rings is 1. The van der Waals surface area contributed by atoms with Crippen molar-refractivity contribution in [3.63, 3.8) is 0 Å². The second-order valence-corrected chi connectivity index (χ2v) is 9.07. The summed E-state index contributed by atoms with van der Waals surface area (Å²) in [4.78, 5) is 18.3. The van der Waals surface area contributed by atoms with Gasteiger partial charge in [0.2, 0.25) is 10.0 Å². The Balaban J connectivity index is 1.45. The summed E-state index contributed by atoms with van der Waals surface area (Å²) in [5.41, 5.74) is -0.637. The van der Waals surface area contributed by atoms with Crippen LogP contribution in [-0.4, -0.2) is 54.7 Å². The standard InChI is InChI=1S/C21H18F3N3O3S/c22-21(23,24)17-5-7-18(8-6-17)31(29,30)27-11-9-26(10-12-27)20(28)19-13-15-3-1-2-4-16(15)14-25-19/h1-8,13-14H,9-12H2. The van der Waals surface area contributed by atoms with Crippen molar-refractivity contribution in [3.8, 4) is 0 Å². The van der Waals surface area contributed by atoms with E-state index in [9.17, 15) is 26.4 Å². The Hall–Kier alpha value is -2.98. The molecule has 3 aromatic rings. The molecule has 6 nitrogen and oxygen atoms in total. The van der Waals surface area contributed by atoms with Gasteiger partial charge in [0.1, 0.15) is 5.69 Å². The van der Waals surface area contributed by atoms with Gasteiger partial charge in [-0.2, -0.15) is 17.5 Å². The quantitative estimate of drug-likeness (QED) is 0.615. The molecule has 0 radical (unpaired) electrons. The molecule has 1 saturated heterocycles. The Kier molecular flexibility index (Phi) is 5.44. The maximum atomic E-state index is 12.8. The lowest BCUT2D eigenvalue weighted by atomic mass is 10.1. The van der Waals surface area contributed by atoms with Crippen molar-refractivity contribution in [1.29, 1.82) is 0 Å². The number of fused-ring (bicyclic) bond motifs is 1. The van der Waals surface area contributed by atoms with Gasteiger partial charge < -0.3 is 4.90 Å². The van der Waals surface area contributed by atoms with Crippen LogP contribution in [0.5, 0.6) is 0 Å².